The average molecular weight is 343 g/mol. The highest BCUT2D eigenvalue weighted by Crippen LogP contribution is 2.21. The first kappa shape index (κ1) is 18.7. The molecule has 1 amide bonds. The molecule has 25 heavy (non-hydrogen) atoms. The molecule has 134 valence electrons. The summed E-state index contributed by atoms with van der Waals surface area (Å²) < 4.78 is 1.47. The lowest BCUT2D eigenvalue weighted by Crippen LogP contribution is -2.27. The summed E-state index contributed by atoms with van der Waals surface area (Å²) in [6.07, 6.45) is 2.91. The first-order valence-corrected chi connectivity index (χ1v) is 8.56. The van der Waals surface area contributed by atoms with E-state index in [1.54, 1.807) is 6.20 Å². The molecule has 0 aliphatic rings. The van der Waals surface area contributed by atoms with Gasteiger partial charge in [-0.15, -0.1) is 0 Å². The Morgan fingerprint density at radius 1 is 1.16 bits per heavy atom. The summed E-state index contributed by atoms with van der Waals surface area (Å²) in [5.74, 6) is -0.632. The predicted octanol–water partition coefficient (Wildman–Crippen LogP) is 3.36. The summed E-state index contributed by atoms with van der Waals surface area (Å²) in [5.41, 5.74) is 2.35. The molecule has 1 aromatic heterocycles. The minimum absolute atomic E-state index is 0.0184. The number of carbonyl (C=O) groups excluding carboxylic acids is 1. The van der Waals surface area contributed by atoms with Crippen LogP contribution in [0.3, 0.4) is 0 Å². The van der Waals surface area contributed by atoms with Gasteiger partial charge in [0.1, 0.15) is 0 Å². The van der Waals surface area contributed by atoms with Gasteiger partial charge in [-0.05, 0) is 36.5 Å². The second-order valence-electron chi connectivity index (χ2n) is 6.28. The molecule has 0 fully saturated rings. The van der Waals surface area contributed by atoms with E-state index in [4.69, 9.17) is 5.11 Å². The molecule has 0 aliphatic carbocycles. The Labute approximate surface area is 147 Å². The van der Waals surface area contributed by atoms with Gasteiger partial charge in [-0.2, -0.15) is 5.10 Å². The van der Waals surface area contributed by atoms with Crippen molar-refractivity contribution in [2.24, 2.45) is 0 Å². The number of nitrogens with zero attached hydrogens (tertiary/aromatic N) is 2. The van der Waals surface area contributed by atoms with Crippen molar-refractivity contribution >= 4 is 11.9 Å². The molecule has 0 radical (unpaired) electrons. The highest BCUT2D eigenvalue weighted by atomic mass is 16.4. The fourth-order valence-electron chi connectivity index (χ4n) is 2.56. The summed E-state index contributed by atoms with van der Waals surface area (Å²) in [7, 11) is 0. The zero-order valence-corrected chi connectivity index (χ0v) is 14.9. The van der Waals surface area contributed by atoms with Gasteiger partial charge in [-0.25, -0.2) is 4.79 Å². The van der Waals surface area contributed by atoms with Crippen LogP contribution in [0.15, 0.2) is 36.5 Å². The maximum atomic E-state index is 12.1. The molecule has 0 spiro atoms. The number of aromatic carboxylic acids is 1. The summed E-state index contributed by atoms with van der Waals surface area (Å²) in [5, 5.41) is 15.7. The molecular formula is C19H25N3O3. The predicted molar refractivity (Wildman–Crippen MR) is 95.5 cm³/mol. The summed E-state index contributed by atoms with van der Waals surface area (Å²) in [6, 6.07) is 9.68. The van der Waals surface area contributed by atoms with Gasteiger partial charge < -0.3 is 10.4 Å². The Kier molecular flexibility index (Phi) is 6.33. The minimum atomic E-state index is -1.07. The number of carboxylic acids is 1. The Morgan fingerprint density at radius 3 is 2.36 bits per heavy atom. The summed E-state index contributed by atoms with van der Waals surface area (Å²) >= 11 is 0. The third kappa shape index (κ3) is 5.17. The Balaban J connectivity index is 1.85. The van der Waals surface area contributed by atoms with Crippen molar-refractivity contribution in [3.63, 3.8) is 0 Å². The standard InChI is InChI=1S/C19H25N3O3/c1-4-13(2)15-5-7-16(8-6-15)14(3)20-18(23)10-12-22-11-9-17(21-22)19(24)25/h5-9,11,13-14H,4,10,12H2,1-3H3,(H,20,23)(H,24,25). The fourth-order valence-corrected chi connectivity index (χ4v) is 2.56. The number of rotatable bonds is 8. The second kappa shape index (κ2) is 8.46. The zero-order valence-electron chi connectivity index (χ0n) is 14.9. The van der Waals surface area contributed by atoms with E-state index in [1.165, 1.54) is 16.3 Å². The first-order valence-electron chi connectivity index (χ1n) is 8.56. The smallest absolute Gasteiger partial charge is 0.356 e. The van der Waals surface area contributed by atoms with Crippen molar-refractivity contribution in [1.82, 2.24) is 15.1 Å². The molecule has 0 aliphatic heterocycles. The largest absolute Gasteiger partial charge is 0.476 e. The summed E-state index contributed by atoms with van der Waals surface area (Å²) in [6.45, 7) is 6.66. The van der Waals surface area contributed by atoms with Crippen molar-refractivity contribution in [3.8, 4) is 0 Å². The van der Waals surface area contributed by atoms with E-state index >= 15 is 0 Å². The van der Waals surface area contributed by atoms with Crippen molar-refractivity contribution in [2.45, 2.75) is 52.1 Å². The molecule has 2 N–H and O–H groups in total. The van der Waals surface area contributed by atoms with E-state index in [2.05, 4.69) is 48.5 Å². The third-order valence-corrected chi connectivity index (χ3v) is 4.42. The highest BCUT2D eigenvalue weighted by molar-refractivity contribution is 5.85. The van der Waals surface area contributed by atoms with E-state index in [9.17, 15) is 9.59 Å². The number of hydrogen-bond donors (Lipinski definition) is 2. The van der Waals surface area contributed by atoms with E-state index in [0.29, 0.717) is 12.5 Å². The molecule has 1 heterocycles. The van der Waals surface area contributed by atoms with Crippen LogP contribution < -0.4 is 5.32 Å². The maximum Gasteiger partial charge on any atom is 0.356 e. The van der Waals surface area contributed by atoms with Gasteiger partial charge in [-0.3, -0.25) is 9.48 Å². The van der Waals surface area contributed by atoms with Gasteiger partial charge in [0, 0.05) is 19.2 Å². The van der Waals surface area contributed by atoms with Crippen LogP contribution in [0.4, 0.5) is 0 Å². The molecule has 2 rings (SSSR count). The number of benzene rings is 1. The van der Waals surface area contributed by atoms with E-state index in [1.807, 2.05) is 6.92 Å². The summed E-state index contributed by atoms with van der Waals surface area (Å²) in [4.78, 5) is 22.9. The van der Waals surface area contributed by atoms with Crippen LogP contribution in [0.1, 0.15) is 67.2 Å². The molecule has 6 nitrogen and oxygen atoms in total. The SMILES string of the molecule is CCC(C)c1ccc(C(C)NC(=O)CCn2ccc(C(=O)O)n2)cc1. The number of nitrogens with one attached hydrogen (secondary N) is 1. The molecule has 2 atom stereocenters. The molecule has 0 bridgehead atoms. The zero-order chi connectivity index (χ0) is 18.4. The fraction of sp³-hybridized carbons (Fsp3) is 0.421. The number of amides is 1. The molecule has 0 saturated carbocycles. The lowest BCUT2D eigenvalue weighted by atomic mass is 9.96. The van der Waals surface area contributed by atoms with Crippen molar-refractivity contribution in [1.29, 1.82) is 0 Å². The van der Waals surface area contributed by atoms with Crippen molar-refractivity contribution < 1.29 is 14.7 Å². The van der Waals surface area contributed by atoms with Crippen LogP contribution in [0.25, 0.3) is 0 Å². The molecule has 2 aromatic rings. The Hall–Kier alpha value is -2.63. The van der Waals surface area contributed by atoms with E-state index < -0.39 is 5.97 Å². The quantitative estimate of drug-likeness (QED) is 0.770. The van der Waals surface area contributed by atoms with Gasteiger partial charge in [0.05, 0.1) is 6.04 Å². The Morgan fingerprint density at radius 2 is 1.80 bits per heavy atom. The average Bonchev–Trinajstić information content (AvgIpc) is 3.08. The first-order chi connectivity index (χ1) is 11.9. The van der Waals surface area contributed by atoms with Gasteiger partial charge in [-0.1, -0.05) is 38.1 Å². The van der Waals surface area contributed by atoms with Gasteiger partial charge in [0.25, 0.3) is 0 Å². The van der Waals surface area contributed by atoms with Crippen molar-refractivity contribution in [3.05, 3.63) is 53.3 Å². The molecular weight excluding hydrogens is 318 g/mol. The second-order valence-corrected chi connectivity index (χ2v) is 6.28. The van der Waals surface area contributed by atoms with E-state index in [-0.39, 0.29) is 24.1 Å². The lowest BCUT2D eigenvalue weighted by molar-refractivity contribution is -0.122. The van der Waals surface area contributed by atoms with Crippen LogP contribution >= 0.6 is 0 Å². The minimum Gasteiger partial charge on any atom is -0.476 e. The molecule has 1 aromatic carbocycles. The third-order valence-electron chi connectivity index (χ3n) is 4.42. The number of hydrogen-bond acceptors (Lipinski definition) is 3. The van der Waals surface area contributed by atoms with Crippen LogP contribution in [0, 0.1) is 0 Å². The lowest BCUT2D eigenvalue weighted by Gasteiger charge is -2.16. The molecule has 2 unspecified atom stereocenters. The number of carboxylic acid groups (broad SMARTS) is 1. The van der Waals surface area contributed by atoms with E-state index in [0.717, 1.165) is 12.0 Å². The van der Waals surface area contributed by atoms with Crippen LogP contribution in [0.5, 0.6) is 0 Å². The molecule has 0 saturated heterocycles. The van der Waals surface area contributed by atoms with Gasteiger partial charge in [0.2, 0.25) is 5.91 Å². The highest BCUT2D eigenvalue weighted by Gasteiger charge is 2.12. The Bertz CT molecular complexity index is 722. The molecule has 6 heteroatoms. The van der Waals surface area contributed by atoms with Crippen LogP contribution in [0.2, 0.25) is 0 Å². The topological polar surface area (TPSA) is 84.2 Å². The van der Waals surface area contributed by atoms with Crippen LogP contribution in [-0.2, 0) is 11.3 Å². The van der Waals surface area contributed by atoms with Gasteiger partial charge >= 0.3 is 5.97 Å². The number of carbonyl (C=O) groups is 2. The number of aryl methyl sites for hydroxylation is 1. The normalized spacial score (nSPS) is 13.2. The monoisotopic (exact) mass is 343 g/mol. The van der Waals surface area contributed by atoms with Crippen molar-refractivity contribution in [2.75, 3.05) is 0 Å². The number of aromatic nitrogens is 2. The maximum absolute atomic E-state index is 12.1. The van der Waals surface area contributed by atoms with Gasteiger partial charge in [0.15, 0.2) is 5.69 Å². The van der Waals surface area contributed by atoms with Crippen LogP contribution in [-0.4, -0.2) is 26.8 Å².